The molecule has 0 aromatic heterocycles. The molecule has 0 fully saturated rings. The van der Waals surface area contributed by atoms with Gasteiger partial charge in [0, 0.05) is 0 Å². The Morgan fingerprint density at radius 3 is 1.50 bits per heavy atom. The molecule has 6 aromatic rings. The van der Waals surface area contributed by atoms with Gasteiger partial charge in [0.15, 0.2) is 0 Å². The van der Waals surface area contributed by atoms with Crippen LogP contribution in [0.3, 0.4) is 0 Å². The van der Waals surface area contributed by atoms with Crippen molar-refractivity contribution in [2.45, 2.75) is 52.4 Å². The predicted octanol–water partition coefficient (Wildman–Crippen LogP) is 11.9. The quantitative estimate of drug-likeness (QED) is 0.0933. The van der Waals surface area contributed by atoms with Crippen LogP contribution in [0.2, 0.25) is 20.1 Å². The van der Waals surface area contributed by atoms with E-state index in [9.17, 15) is 0 Å². The summed E-state index contributed by atoms with van der Waals surface area (Å²) in [6, 6.07) is 29.4. The number of hydrogen-bond donors (Lipinski definition) is 0. The summed E-state index contributed by atoms with van der Waals surface area (Å²) in [6.45, 7) is 13.1. The van der Waals surface area contributed by atoms with Gasteiger partial charge in [0.2, 0.25) is 0 Å². The molecule has 10 rings (SSSR count). The molecular formula is C42H32Cl4NO4Sb. The molecule has 0 saturated carbocycles. The molecule has 0 saturated heterocycles. The van der Waals surface area contributed by atoms with Crippen LogP contribution < -0.4 is 30.9 Å². The van der Waals surface area contributed by atoms with E-state index in [0.29, 0.717) is 23.0 Å². The van der Waals surface area contributed by atoms with Gasteiger partial charge < -0.3 is 0 Å². The Balaban J connectivity index is 1.46. The van der Waals surface area contributed by atoms with E-state index in [0.717, 1.165) is 49.5 Å². The maximum atomic E-state index is 7.78. The molecular weight excluding hydrogens is 846 g/mol. The van der Waals surface area contributed by atoms with Gasteiger partial charge in [0.05, 0.1) is 0 Å². The van der Waals surface area contributed by atoms with Gasteiger partial charge in [-0.3, -0.25) is 0 Å². The van der Waals surface area contributed by atoms with Gasteiger partial charge in [-0.1, -0.05) is 0 Å². The topological polar surface area (TPSA) is 40.2 Å². The van der Waals surface area contributed by atoms with Gasteiger partial charge >= 0.3 is 326 Å². The fourth-order valence-electron chi connectivity index (χ4n) is 8.40. The van der Waals surface area contributed by atoms with E-state index in [1.807, 2.05) is 18.2 Å². The van der Waals surface area contributed by atoms with E-state index in [4.69, 9.17) is 61.9 Å². The van der Waals surface area contributed by atoms with Crippen molar-refractivity contribution in [1.29, 1.82) is 0 Å². The van der Waals surface area contributed by atoms with Crippen LogP contribution in [0, 0.1) is 0 Å². The van der Waals surface area contributed by atoms with Crippen LogP contribution in [0.1, 0.15) is 52.7 Å². The second-order valence-electron chi connectivity index (χ2n) is 15.8. The summed E-state index contributed by atoms with van der Waals surface area (Å²) in [5.41, 5.74) is 4.07. The number of halogens is 4. The monoisotopic (exact) mass is 875 g/mol. The molecule has 0 radical (unpaired) electrons. The third kappa shape index (κ3) is 3.94. The van der Waals surface area contributed by atoms with Gasteiger partial charge in [0.1, 0.15) is 0 Å². The zero-order valence-electron chi connectivity index (χ0n) is 29.1. The van der Waals surface area contributed by atoms with Crippen LogP contribution in [0.4, 0.5) is 17.1 Å². The average molecular weight is 878 g/mol. The predicted molar refractivity (Wildman–Crippen MR) is 215 cm³/mol. The summed E-state index contributed by atoms with van der Waals surface area (Å²) >= 11 is 21.7. The average Bonchev–Trinajstić information content (AvgIpc) is 3.45. The Morgan fingerprint density at radius 2 is 1.00 bits per heavy atom. The SMILES string of the molecule is CC(C)(C)c1ccc2[c]3c1Oc1cccc4[c]1[Sb]31([O]c3c(Cl)c(Cl)c(Cl)c(Cl)c3[O]1)[c]1c(ccc(C(C)(C)C)c1O4)N2c1ccc2ccccc2c1. The molecule has 52 heavy (non-hydrogen) atoms. The first-order chi connectivity index (χ1) is 24.6. The van der Waals surface area contributed by atoms with Crippen molar-refractivity contribution in [3.05, 3.63) is 116 Å². The molecule has 10 heteroatoms. The normalized spacial score (nSPS) is 17.3. The molecule has 4 aliphatic rings. The molecule has 4 aliphatic heterocycles. The minimum atomic E-state index is -6.04. The summed E-state index contributed by atoms with van der Waals surface area (Å²) < 4.78 is 32.2. The van der Waals surface area contributed by atoms with Crippen molar-refractivity contribution in [2.24, 2.45) is 0 Å². The van der Waals surface area contributed by atoms with Crippen LogP contribution in [-0.2, 0) is 10.8 Å². The fraction of sp³-hybridized carbons (Fsp3) is 0.190. The van der Waals surface area contributed by atoms with Crippen LogP contribution in [-0.4, -0.2) is 18.2 Å². The zero-order valence-corrected chi connectivity index (χ0v) is 34.7. The van der Waals surface area contributed by atoms with E-state index in [2.05, 4.69) is 113 Å². The molecule has 6 aromatic carbocycles. The number of fused-ring (bicyclic) bond motifs is 2. The van der Waals surface area contributed by atoms with E-state index in [-0.39, 0.29) is 42.4 Å². The Kier molecular flexibility index (Phi) is 6.63. The van der Waals surface area contributed by atoms with Crippen molar-refractivity contribution in [3.63, 3.8) is 0 Å². The first-order valence-electron chi connectivity index (χ1n) is 17.1. The number of rotatable bonds is 1. The maximum absolute atomic E-state index is 7.78. The van der Waals surface area contributed by atoms with E-state index in [1.165, 1.54) is 0 Å². The molecule has 0 N–H and O–H groups in total. The number of ether oxygens (including phenoxy) is 2. The second kappa shape index (κ2) is 10.4. The molecule has 0 unspecified atom stereocenters. The van der Waals surface area contributed by atoms with Gasteiger partial charge in [0.25, 0.3) is 0 Å². The van der Waals surface area contributed by atoms with Gasteiger partial charge in [-0.25, -0.2) is 0 Å². The molecule has 262 valence electrons. The van der Waals surface area contributed by atoms with Gasteiger partial charge in [-0.15, -0.1) is 0 Å². The van der Waals surface area contributed by atoms with Crippen LogP contribution in [0.5, 0.6) is 34.5 Å². The third-order valence-corrected chi connectivity index (χ3v) is 26.1. The van der Waals surface area contributed by atoms with E-state index >= 15 is 0 Å². The van der Waals surface area contributed by atoms with E-state index < -0.39 is 18.2 Å². The summed E-state index contributed by atoms with van der Waals surface area (Å²) in [5.74, 6) is 3.12. The minimum absolute atomic E-state index is 0.101. The zero-order chi connectivity index (χ0) is 36.3. The molecule has 1 spiro atoms. The van der Waals surface area contributed by atoms with Crippen molar-refractivity contribution in [3.8, 4) is 34.5 Å². The third-order valence-electron chi connectivity index (χ3n) is 10.6. The Hall–Kier alpha value is -3.44. The number of benzene rings is 6. The van der Waals surface area contributed by atoms with Crippen molar-refractivity contribution in [2.75, 3.05) is 4.90 Å². The standard InChI is InChI=1S/C36H32NO2.C6H2Cl4O2.Sb/c1-35(2,3)31-18-16-27-21-33(31)38-29-12-9-13-30(23-29)39-34-22-28(17-19-32(34)36(4,5)6)37(27)26-15-14-24-10-7-8-11-25(24)20-26;7-1-2(8)4(10)6(12)5(11)3(1)9;/h7-20H,1-6H3;11-12H;/q;;+2/p-2. The number of hydrogen-bond acceptors (Lipinski definition) is 5. The summed E-state index contributed by atoms with van der Waals surface area (Å²) in [7, 11) is 0. The fourth-order valence-corrected chi connectivity index (χ4v) is 25.6. The first kappa shape index (κ1) is 33.2. The molecule has 4 heterocycles. The molecule has 0 atom stereocenters. The Bertz CT molecular complexity index is 2510. The van der Waals surface area contributed by atoms with Gasteiger partial charge in [-0.05, 0) is 0 Å². The Labute approximate surface area is 324 Å². The molecule has 5 nitrogen and oxygen atoms in total. The number of anilines is 3. The van der Waals surface area contributed by atoms with Crippen molar-refractivity contribution in [1.82, 2.24) is 0 Å². The van der Waals surface area contributed by atoms with Gasteiger partial charge in [-0.2, -0.15) is 0 Å². The van der Waals surface area contributed by atoms with Crippen LogP contribution >= 0.6 is 46.4 Å². The summed E-state index contributed by atoms with van der Waals surface area (Å²) in [5, 5.41) is 2.74. The Morgan fingerprint density at radius 1 is 0.500 bits per heavy atom. The molecule has 0 bridgehead atoms. The van der Waals surface area contributed by atoms with E-state index in [1.54, 1.807) is 0 Å². The van der Waals surface area contributed by atoms with Crippen LogP contribution in [0.25, 0.3) is 10.8 Å². The second-order valence-corrected chi connectivity index (χ2v) is 27.7. The van der Waals surface area contributed by atoms with Crippen molar-refractivity contribution >= 4 is 103 Å². The molecule has 0 aliphatic carbocycles. The van der Waals surface area contributed by atoms with Crippen LogP contribution in [0.15, 0.2) is 84.9 Å². The summed E-state index contributed by atoms with van der Waals surface area (Å²) in [6.07, 6.45) is 0. The van der Waals surface area contributed by atoms with Crippen molar-refractivity contribution < 1.29 is 15.5 Å². The molecule has 0 amide bonds. The first-order valence-corrected chi connectivity index (χ1v) is 24.5. The summed E-state index contributed by atoms with van der Waals surface area (Å²) in [4.78, 5) is 2.29. The number of nitrogens with zero attached hydrogens (tertiary/aromatic N) is 1.